The van der Waals surface area contributed by atoms with Gasteiger partial charge in [-0.3, -0.25) is 13.9 Å². The molecule has 0 amide bonds. The van der Waals surface area contributed by atoms with Crippen LogP contribution >= 0.6 is 23.2 Å². The maximum Gasteiger partial charge on any atom is 0.331 e. The van der Waals surface area contributed by atoms with Gasteiger partial charge in [-0.1, -0.05) is 46.3 Å². The molecule has 0 radical (unpaired) electrons. The molecule has 7 nitrogen and oxygen atoms in total. The fourth-order valence-electron chi connectivity index (χ4n) is 3.09. The predicted molar refractivity (Wildman–Crippen MR) is 116 cm³/mol. The Morgan fingerprint density at radius 3 is 2.63 bits per heavy atom. The number of hydrogen-bond acceptors (Lipinski definition) is 4. The Hall–Kier alpha value is -3.34. The zero-order chi connectivity index (χ0) is 21.3. The van der Waals surface area contributed by atoms with E-state index in [-0.39, 0.29) is 12.1 Å². The van der Waals surface area contributed by atoms with E-state index in [4.69, 9.17) is 23.2 Å². The second kappa shape index (κ2) is 8.19. The number of aromatic nitrogens is 5. The highest BCUT2D eigenvalue weighted by Crippen LogP contribution is 2.22. The van der Waals surface area contributed by atoms with Gasteiger partial charge in [0, 0.05) is 18.8 Å². The topological polar surface area (TPSA) is 74.7 Å². The van der Waals surface area contributed by atoms with Crippen molar-refractivity contribution < 1.29 is 0 Å². The summed E-state index contributed by atoms with van der Waals surface area (Å²) in [5.41, 5.74) is 1.10. The van der Waals surface area contributed by atoms with E-state index in [0.717, 1.165) is 0 Å². The first kappa shape index (κ1) is 20.0. The summed E-state index contributed by atoms with van der Waals surface area (Å²) in [6.07, 6.45) is 3.29. The first-order valence-electron chi connectivity index (χ1n) is 8.94. The Morgan fingerprint density at radius 2 is 1.90 bits per heavy atom. The third kappa shape index (κ3) is 3.88. The number of hydrogen-bond donors (Lipinski definition) is 0. The van der Waals surface area contributed by atoms with Gasteiger partial charge in [-0.15, -0.1) is 5.10 Å². The van der Waals surface area contributed by atoms with Gasteiger partial charge in [0.1, 0.15) is 6.54 Å². The van der Waals surface area contributed by atoms with E-state index < -0.39 is 5.69 Å². The van der Waals surface area contributed by atoms with Crippen molar-refractivity contribution >= 4 is 34.1 Å². The van der Waals surface area contributed by atoms with Gasteiger partial charge in [0.15, 0.2) is 0 Å². The standard InChI is InChI=1S/C21H15Cl2N5O2/c1-26-19-7-5-14(3-2-9-27-10-8-24-25-27)11-16(19)20(29)28(21(26)30)13-15-4-6-17(22)18(23)12-15/h4-8,10-12H,9,13H2,1H3. The van der Waals surface area contributed by atoms with Crippen molar-refractivity contribution in [1.82, 2.24) is 24.1 Å². The van der Waals surface area contributed by atoms with E-state index in [0.29, 0.717) is 38.6 Å². The highest BCUT2D eigenvalue weighted by Gasteiger charge is 2.12. The van der Waals surface area contributed by atoms with E-state index >= 15 is 0 Å². The molecular weight excluding hydrogens is 425 g/mol. The molecule has 0 aliphatic rings. The molecule has 9 heteroatoms. The number of fused-ring (bicyclic) bond motifs is 1. The number of rotatable bonds is 3. The minimum atomic E-state index is -0.413. The molecule has 0 fully saturated rings. The van der Waals surface area contributed by atoms with E-state index in [1.807, 2.05) is 0 Å². The van der Waals surface area contributed by atoms with Gasteiger partial charge in [0.2, 0.25) is 0 Å². The summed E-state index contributed by atoms with van der Waals surface area (Å²) in [4.78, 5) is 25.9. The number of aryl methyl sites for hydroxylation is 1. The number of benzene rings is 2. The maximum atomic E-state index is 13.1. The van der Waals surface area contributed by atoms with Crippen molar-refractivity contribution in [2.24, 2.45) is 7.05 Å². The number of nitrogens with zero attached hydrogens (tertiary/aromatic N) is 5. The van der Waals surface area contributed by atoms with Crippen LogP contribution in [-0.4, -0.2) is 24.1 Å². The van der Waals surface area contributed by atoms with Gasteiger partial charge in [-0.2, -0.15) is 0 Å². The quantitative estimate of drug-likeness (QED) is 0.460. The lowest BCUT2D eigenvalue weighted by Gasteiger charge is -2.11. The lowest BCUT2D eigenvalue weighted by Crippen LogP contribution is -2.39. The van der Waals surface area contributed by atoms with Gasteiger partial charge in [-0.05, 0) is 35.9 Å². The Kier molecular flexibility index (Phi) is 5.44. The Balaban J connectivity index is 1.76. The number of halogens is 2. The van der Waals surface area contributed by atoms with E-state index in [1.165, 1.54) is 9.13 Å². The third-order valence-corrected chi connectivity index (χ3v) is 5.36. The minimum Gasteiger partial charge on any atom is -0.296 e. The molecule has 0 saturated carbocycles. The molecule has 0 atom stereocenters. The van der Waals surface area contributed by atoms with Crippen molar-refractivity contribution in [3.8, 4) is 11.8 Å². The predicted octanol–water partition coefficient (Wildman–Crippen LogP) is 2.70. The molecule has 2 aromatic carbocycles. The minimum absolute atomic E-state index is 0.0839. The van der Waals surface area contributed by atoms with Gasteiger partial charge in [0.05, 0.1) is 33.7 Å². The molecule has 2 heterocycles. The lowest BCUT2D eigenvalue weighted by molar-refractivity contribution is 0.660. The molecule has 0 spiro atoms. The first-order valence-corrected chi connectivity index (χ1v) is 9.70. The molecule has 0 bridgehead atoms. The summed E-state index contributed by atoms with van der Waals surface area (Å²) in [5, 5.41) is 8.76. The van der Waals surface area contributed by atoms with Crippen molar-refractivity contribution in [2.45, 2.75) is 13.1 Å². The van der Waals surface area contributed by atoms with Gasteiger partial charge < -0.3 is 0 Å². The van der Waals surface area contributed by atoms with Crippen LogP contribution in [0.2, 0.25) is 10.0 Å². The monoisotopic (exact) mass is 439 g/mol. The molecule has 0 saturated heterocycles. The van der Waals surface area contributed by atoms with Gasteiger partial charge in [-0.25, -0.2) is 9.48 Å². The van der Waals surface area contributed by atoms with Crippen LogP contribution in [0.3, 0.4) is 0 Å². The zero-order valence-electron chi connectivity index (χ0n) is 15.8. The Morgan fingerprint density at radius 1 is 1.07 bits per heavy atom. The molecule has 4 rings (SSSR count). The van der Waals surface area contributed by atoms with E-state index in [1.54, 1.807) is 60.5 Å². The van der Waals surface area contributed by atoms with Crippen molar-refractivity contribution in [3.05, 3.63) is 90.8 Å². The highest BCUT2D eigenvalue weighted by molar-refractivity contribution is 6.42. The van der Waals surface area contributed by atoms with Crippen LogP contribution in [0, 0.1) is 11.8 Å². The third-order valence-electron chi connectivity index (χ3n) is 4.62. The van der Waals surface area contributed by atoms with Gasteiger partial charge >= 0.3 is 5.69 Å². The summed E-state index contributed by atoms with van der Waals surface area (Å²) in [6, 6.07) is 10.2. The molecule has 2 aromatic heterocycles. The van der Waals surface area contributed by atoms with E-state index in [9.17, 15) is 9.59 Å². The summed E-state index contributed by atoms with van der Waals surface area (Å²) in [5.74, 6) is 6.00. The molecule has 0 aliphatic heterocycles. The van der Waals surface area contributed by atoms with Crippen molar-refractivity contribution in [1.29, 1.82) is 0 Å². The molecule has 0 aliphatic carbocycles. The molecular formula is C21H15Cl2N5O2. The average molecular weight is 440 g/mol. The van der Waals surface area contributed by atoms with Crippen LogP contribution in [0.1, 0.15) is 11.1 Å². The molecule has 30 heavy (non-hydrogen) atoms. The average Bonchev–Trinajstić information content (AvgIpc) is 3.25. The summed E-state index contributed by atoms with van der Waals surface area (Å²) in [6.45, 7) is 0.466. The van der Waals surface area contributed by atoms with Crippen molar-refractivity contribution in [2.75, 3.05) is 0 Å². The van der Waals surface area contributed by atoms with Crippen LogP contribution in [0.25, 0.3) is 10.9 Å². The summed E-state index contributed by atoms with van der Waals surface area (Å²) in [7, 11) is 1.63. The zero-order valence-corrected chi connectivity index (χ0v) is 17.4. The normalized spacial score (nSPS) is 10.8. The van der Waals surface area contributed by atoms with Crippen LogP contribution in [0.4, 0.5) is 0 Å². The maximum absolute atomic E-state index is 13.1. The second-order valence-corrected chi connectivity index (χ2v) is 7.43. The van der Waals surface area contributed by atoms with Crippen LogP contribution in [-0.2, 0) is 20.1 Å². The highest BCUT2D eigenvalue weighted by atomic mass is 35.5. The van der Waals surface area contributed by atoms with Crippen molar-refractivity contribution in [3.63, 3.8) is 0 Å². The molecule has 150 valence electrons. The molecule has 0 N–H and O–H groups in total. The summed E-state index contributed by atoms with van der Waals surface area (Å²) >= 11 is 12.0. The SMILES string of the molecule is Cn1c(=O)n(Cc2ccc(Cl)c(Cl)c2)c(=O)c2cc(C#CCn3ccnn3)ccc21. The first-order chi connectivity index (χ1) is 14.4. The summed E-state index contributed by atoms with van der Waals surface area (Å²) < 4.78 is 4.22. The van der Waals surface area contributed by atoms with Crippen LogP contribution < -0.4 is 11.2 Å². The van der Waals surface area contributed by atoms with Gasteiger partial charge in [0.25, 0.3) is 5.56 Å². The molecule has 4 aromatic rings. The largest absolute Gasteiger partial charge is 0.331 e. The second-order valence-electron chi connectivity index (χ2n) is 6.62. The Labute approximate surface area is 181 Å². The van der Waals surface area contributed by atoms with Crippen LogP contribution in [0.5, 0.6) is 0 Å². The fourth-order valence-corrected chi connectivity index (χ4v) is 3.41. The fraction of sp³-hybridized carbons (Fsp3) is 0.143. The lowest BCUT2D eigenvalue weighted by atomic mass is 10.1. The van der Waals surface area contributed by atoms with Crippen LogP contribution in [0.15, 0.2) is 58.4 Å². The Bertz CT molecular complexity index is 1430. The van der Waals surface area contributed by atoms with E-state index in [2.05, 4.69) is 22.2 Å². The molecule has 0 unspecified atom stereocenters. The smallest absolute Gasteiger partial charge is 0.296 e.